The van der Waals surface area contributed by atoms with E-state index in [-0.39, 0.29) is 74.9 Å². The molecule has 0 amide bonds. The Bertz CT molecular complexity index is 204. The number of rotatable bonds is 3. The van der Waals surface area contributed by atoms with Crippen molar-refractivity contribution < 1.29 is 95.8 Å². The maximum Gasteiger partial charge on any atom is 1.00 e. The van der Waals surface area contributed by atoms with Crippen molar-refractivity contribution >= 4 is 15.9 Å². The Morgan fingerprint density at radius 3 is 1.67 bits per heavy atom. The van der Waals surface area contributed by atoms with Gasteiger partial charge in [0.05, 0.1) is 0 Å². The van der Waals surface area contributed by atoms with Gasteiger partial charge in [-0.2, -0.15) is 0 Å². The molecule has 84 valence electrons. The molecule has 8 nitrogen and oxygen atoms in total. The average molecular weight is 284 g/mol. The number of aliphatic hydroxyl groups is 1. The van der Waals surface area contributed by atoms with Gasteiger partial charge in [0.1, 0.15) is 0 Å². The second-order valence-corrected chi connectivity index (χ2v) is 4.18. The molecule has 0 spiro atoms. The first kappa shape index (κ1) is 25.8. The molecule has 1 unspecified atom stereocenters. The van der Waals surface area contributed by atoms with Crippen LogP contribution >= 0.6 is 15.9 Å². The van der Waals surface area contributed by atoms with E-state index in [2.05, 4.69) is 0 Å². The second kappa shape index (κ2) is 14.2. The smallest absolute Gasteiger partial charge is 1.00 e. The van der Waals surface area contributed by atoms with Crippen LogP contribution in [0.3, 0.4) is 0 Å². The Kier molecular flexibility index (Phi) is 24.4. The van der Waals surface area contributed by atoms with Crippen LogP contribution in [0.4, 0.5) is 0 Å². The Morgan fingerprint density at radius 1 is 1.33 bits per heavy atom. The Hall–Kier alpha value is 2.09. The molecule has 0 aliphatic rings. The van der Waals surface area contributed by atoms with Crippen molar-refractivity contribution in [1.29, 1.82) is 0 Å². The first-order chi connectivity index (χ1) is 5.71. The maximum absolute atomic E-state index is 10.1. The fraction of sp³-hybridized carbons (Fsp3) is 1.00. The number of hydrogen-bond donors (Lipinski definition) is 6. The maximum atomic E-state index is 10.1. The van der Waals surface area contributed by atoms with Crippen molar-refractivity contribution in [1.82, 2.24) is 0 Å². The summed E-state index contributed by atoms with van der Waals surface area (Å²) in [7, 11) is -7.17. The summed E-state index contributed by atoms with van der Waals surface area (Å²) in [5.74, 6) is -1.59. The molecule has 0 aliphatic heterocycles. The van der Waals surface area contributed by atoms with Crippen molar-refractivity contribution in [3.05, 3.63) is 0 Å². The van der Waals surface area contributed by atoms with E-state index in [4.69, 9.17) is 35.0 Å². The molecule has 12 heteroatoms. The van der Waals surface area contributed by atoms with Gasteiger partial charge < -0.3 is 23.5 Å². The van der Waals surface area contributed by atoms with Crippen molar-refractivity contribution in [2.75, 3.05) is 6.54 Å². The van der Waals surface area contributed by atoms with E-state index < -0.39 is 21.7 Å². The number of aliphatic hydroxyl groups excluding tert-OH is 1. The quantitative estimate of drug-likeness (QED) is 0.220. The fourth-order valence-corrected chi connectivity index (χ4v) is 0.803. The van der Waals surface area contributed by atoms with Gasteiger partial charge >= 0.3 is 75.0 Å². The largest absolute Gasteiger partial charge is 1.00 e. The van der Waals surface area contributed by atoms with Gasteiger partial charge in [-0.3, -0.25) is 4.57 Å². The predicted molar refractivity (Wildman–Crippen MR) is 46.0 cm³/mol. The standard InChI is InChI=1S/C3H10NO4P.2Na.HO3P.2H/c4-2-1-3(5)9(6,7)8;;;1-4(2)3;;/h3,5H,1-2,4H2,(H2,6,7,8);;;(H-,1,2,3);;/q;2*+1;;2*-1/p+1. The molecule has 0 saturated heterocycles. The molecule has 0 radical (unpaired) electrons. The zero-order chi connectivity index (χ0) is 11.1. The summed E-state index contributed by atoms with van der Waals surface area (Å²) in [5.41, 5.74) is 4.92. The first-order valence-corrected chi connectivity index (χ1v) is 5.84. The van der Waals surface area contributed by atoms with Gasteiger partial charge in [0.15, 0.2) is 5.85 Å². The van der Waals surface area contributed by atoms with Crippen LogP contribution in [0, 0.1) is 0 Å². The van der Waals surface area contributed by atoms with Crippen LogP contribution in [0.2, 0.25) is 0 Å². The zero-order valence-corrected chi connectivity index (χ0v) is 14.3. The summed E-state index contributed by atoms with van der Waals surface area (Å²) < 4.78 is 18.8. The van der Waals surface area contributed by atoms with Gasteiger partial charge in [0, 0.05) is 4.57 Å². The minimum absolute atomic E-state index is 0. The summed E-state index contributed by atoms with van der Waals surface area (Å²) in [6.07, 6.45) is -0.0652. The van der Waals surface area contributed by atoms with Crippen LogP contribution in [-0.2, 0) is 9.13 Å². The minimum Gasteiger partial charge on any atom is -1.00 e. The molecule has 15 heavy (non-hydrogen) atoms. The Morgan fingerprint density at radius 2 is 1.60 bits per heavy atom. The molecule has 0 aliphatic carbocycles. The molecule has 0 heterocycles. The van der Waals surface area contributed by atoms with Crippen LogP contribution in [0.5, 0.6) is 0 Å². The van der Waals surface area contributed by atoms with Gasteiger partial charge in [0.25, 0.3) is 0 Å². The van der Waals surface area contributed by atoms with Crippen molar-refractivity contribution in [3.8, 4) is 0 Å². The topological polar surface area (TPSA) is 161 Å². The SMILES string of the molecule is NCCC(O)P(=O)(O)O.O=[P+](O)O.[H-].[H-].[Na+].[Na+]. The molecule has 0 aromatic heterocycles. The second-order valence-electron chi connectivity index (χ2n) is 1.90. The summed E-state index contributed by atoms with van der Waals surface area (Å²) in [6.45, 7) is 0.0757. The van der Waals surface area contributed by atoms with Gasteiger partial charge in [-0.15, -0.1) is 9.79 Å². The van der Waals surface area contributed by atoms with E-state index in [1.165, 1.54) is 0 Å². The molecule has 7 N–H and O–H groups in total. The molecular formula is C3H14NNa2O7P2+. The molecule has 0 saturated carbocycles. The van der Waals surface area contributed by atoms with E-state index in [0.717, 1.165) is 0 Å². The molecule has 0 bridgehead atoms. The molecule has 1 atom stereocenters. The molecule has 0 aromatic rings. The summed E-state index contributed by atoms with van der Waals surface area (Å²) >= 11 is 0. The summed E-state index contributed by atoms with van der Waals surface area (Å²) in [5, 5.41) is 8.54. The molecule has 0 rings (SSSR count). The van der Waals surface area contributed by atoms with Crippen molar-refractivity contribution in [3.63, 3.8) is 0 Å². The van der Waals surface area contributed by atoms with E-state index in [9.17, 15) is 4.57 Å². The van der Waals surface area contributed by atoms with Crippen LogP contribution < -0.4 is 64.8 Å². The molecular weight excluding hydrogens is 270 g/mol. The predicted octanol–water partition coefficient (Wildman–Crippen LogP) is -7.31. The van der Waals surface area contributed by atoms with Crippen LogP contribution in [0.1, 0.15) is 9.27 Å². The zero-order valence-electron chi connectivity index (χ0n) is 10.5. The minimum atomic E-state index is -4.30. The van der Waals surface area contributed by atoms with Crippen molar-refractivity contribution in [2.24, 2.45) is 5.73 Å². The van der Waals surface area contributed by atoms with E-state index in [1.807, 2.05) is 0 Å². The van der Waals surface area contributed by atoms with Crippen LogP contribution in [0.15, 0.2) is 0 Å². The monoisotopic (exact) mass is 284 g/mol. The third-order valence-corrected chi connectivity index (χ3v) is 1.85. The van der Waals surface area contributed by atoms with E-state index in [0.29, 0.717) is 0 Å². The van der Waals surface area contributed by atoms with Gasteiger partial charge in [0.2, 0.25) is 0 Å². The Labute approximate surface area is 135 Å². The summed E-state index contributed by atoms with van der Waals surface area (Å²) in [6, 6.07) is 0. The van der Waals surface area contributed by atoms with Gasteiger partial charge in [-0.25, -0.2) is 0 Å². The molecule has 0 fully saturated rings. The van der Waals surface area contributed by atoms with Crippen LogP contribution in [0.25, 0.3) is 0 Å². The first-order valence-electron chi connectivity index (χ1n) is 3.00. The Balaban J connectivity index is -0.0000000338. The molecule has 0 aromatic carbocycles. The van der Waals surface area contributed by atoms with Crippen molar-refractivity contribution in [2.45, 2.75) is 12.3 Å². The van der Waals surface area contributed by atoms with E-state index in [1.54, 1.807) is 0 Å². The normalized spacial score (nSPS) is 11.1. The third-order valence-electron chi connectivity index (χ3n) is 0.813. The van der Waals surface area contributed by atoms with Gasteiger partial charge in [-0.05, 0) is 13.0 Å². The van der Waals surface area contributed by atoms with Crippen LogP contribution in [-0.4, -0.2) is 37.1 Å². The third kappa shape index (κ3) is 26.0. The average Bonchev–Trinajstić information content (AvgIpc) is 1.84. The van der Waals surface area contributed by atoms with Gasteiger partial charge in [-0.1, -0.05) is 0 Å². The number of hydrogen-bond acceptors (Lipinski definition) is 4. The summed E-state index contributed by atoms with van der Waals surface area (Å²) in [4.78, 5) is 30.7. The number of nitrogens with two attached hydrogens (primary N) is 1. The fourth-order valence-electron chi connectivity index (χ4n) is 0.317. The van der Waals surface area contributed by atoms with E-state index >= 15 is 0 Å².